The van der Waals surface area contributed by atoms with Gasteiger partial charge in [-0.3, -0.25) is 9.48 Å². The fourth-order valence-corrected chi connectivity index (χ4v) is 2.97. The molecule has 3 aromatic rings. The summed E-state index contributed by atoms with van der Waals surface area (Å²) in [6.07, 6.45) is 0.399. The Morgan fingerprint density at radius 3 is 2.62 bits per heavy atom. The summed E-state index contributed by atoms with van der Waals surface area (Å²) < 4.78 is 1.83. The van der Waals surface area contributed by atoms with E-state index >= 15 is 0 Å². The number of hydrogen-bond acceptors (Lipinski definition) is 3. The number of fused-ring (bicyclic) bond motifs is 2. The standard InChI is InChI=1S/C17H11N3O/c18-9-4-10-20-14-8-3-7-13-15(14)16(19-20)11-5-1-2-6-12(11)17(13)21/h1-3,5-8H,4,10H2. The normalized spacial score (nSPS) is 12.2. The van der Waals surface area contributed by atoms with Crippen LogP contribution in [0.1, 0.15) is 22.3 Å². The maximum absolute atomic E-state index is 12.6. The third-order valence-corrected chi connectivity index (χ3v) is 3.88. The third-order valence-electron chi connectivity index (χ3n) is 3.88. The lowest BCUT2D eigenvalue weighted by atomic mass is 9.87. The van der Waals surface area contributed by atoms with Gasteiger partial charge in [-0.05, 0) is 6.07 Å². The molecule has 0 saturated heterocycles. The van der Waals surface area contributed by atoms with E-state index < -0.39 is 0 Å². The lowest BCUT2D eigenvalue weighted by molar-refractivity contribution is 0.104. The fraction of sp³-hybridized carbons (Fsp3) is 0.118. The van der Waals surface area contributed by atoms with E-state index in [2.05, 4.69) is 11.2 Å². The zero-order valence-electron chi connectivity index (χ0n) is 11.2. The van der Waals surface area contributed by atoms with E-state index in [0.717, 1.165) is 22.2 Å². The van der Waals surface area contributed by atoms with Gasteiger partial charge in [-0.15, -0.1) is 0 Å². The summed E-state index contributed by atoms with van der Waals surface area (Å²) >= 11 is 0. The molecular weight excluding hydrogens is 262 g/mol. The van der Waals surface area contributed by atoms with Crippen LogP contribution in [0.25, 0.3) is 22.2 Å². The molecule has 1 heterocycles. The molecule has 0 bridgehead atoms. The first kappa shape index (κ1) is 11.9. The second-order valence-corrected chi connectivity index (χ2v) is 5.05. The van der Waals surface area contributed by atoms with Gasteiger partial charge in [0, 0.05) is 22.1 Å². The Labute approximate surface area is 121 Å². The number of nitriles is 1. The first-order valence-corrected chi connectivity index (χ1v) is 6.82. The van der Waals surface area contributed by atoms with Crippen molar-refractivity contribution in [2.24, 2.45) is 0 Å². The maximum atomic E-state index is 12.6. The van der Waals surface area contributed by atoms with Gasteiger partial charge < -0.3 is 0 Å². The topological polar surface area (TPSA) is 58.7 Å². The Bertz CT molecular complexity index is 931. The molecule has 0 unspecified atom stereocenters. The van der Waals surface area contributed by atoms with Crippen LogP contribution in [0.2, 0.25) is 0 Å². The summed E-state index contributed by atoms with van der Waals surface area (Å²) in [6, 6.07) is 15.4. The highest BCUT2D eigenvalue weighted by Crippen LogP contribution is 2.38. The van der Waals surface area contributed by atoms with E-state index in [1.807, 2.05) is 47.1 Å². The van der Waals surface area contributed by atoms with Crippen LogP contribution in [0.3, 0.4) is 0 Å². The molecule has 0 N–H and O–H groups in total. The molecule has 100 valence electrons. The number of hydrogen-bond donors (Lipinski definition) is 0. The Morgan fingerprint density at radius 2 is 1.81 bits per heavy atom. The second kappa shape index (κ2) is 4.29. The lowest BCUT2D eigenvalue weighted by Crippen LogP contribution is -2.08. The van der Waals surface area contributed by atoms with E-state index in [9.17, 15) is 4.79 Å². The van der Waals surface area contributed by atoms with Gasteiger partial charge >= 0.3 is 0 Å². The molecule has 1 aromatic heterocycles. The minimum Gasteiger partial charge on any atom is -0.289 e. The summed E-state index contributed by atoms with van der Waals surface area (Å²) in [7, 11) is 0. The van der Waals surface area contributed by atoms with Gasteiger partial charge in [0.1, 0.15) is 5.69 Å². The summed E-state index contributed by atoms with van der Waals surface area (Å²) in [5.41, 5.74) is 4.03. The van der Waals surface area contributed by atoms with Crippen LogP contribution < -0.4 is 0 Å². The molecule has 4 nitrogen and oxygen atoms in total. The van der Waals surface area contributed by atoms with E-state index in [-0.39, 0.29) is 5.78 Å². The van der Waals surface area contributed by atoms with E-state index in [1.54, 1.807) is 0 Å². The number of carbonyl (C=O) groups is 1. The van der Waals surface area contributed by atoms with Crippen LogP contribution in [0.4, 0.5) is 0 Å². The zero-order valence-corrected chi connectivity index (χ0v) is 11.2. The van der Waals surface area contributed by atoms with Gasteiger partial charge in [-0.1, -0.05) is 36.4 Å². The van der Waals surface area contributed by atoms with E-state index in [4.69, 9.17) is 5.26 Å². The number of aromatic nitrogens is 2. The largest absolute Gasteiger partial charge is 0.289 e. The molecule has 0 radical (unpaired) electrons. The molecule has 4 rings (SSSR count). The van der Waals surface area contributed by atoms with Gasteiger partial charge in [0.15, 0.2) is 5.78 Å². The summed E-state index contributed by atoms with van der Waals surface area (Å²) in [5, 5.41) is 14.3. The van der Waals surface area contributed by atoms with E-state index in [0.29, 0.717) is 24.1 Å². The lowest BCUT2D eigenvalue weighted by Gasteiger charge is -2.13. The Balaban J connectivity index is 2.08. The predicted octanol–water partition coefficient (Wildman–Crippen LogP) is 3.16. The van der Waals surface area contributed by atoms with Crippen LogP contribution >= 0.6 is 0 Å². The van der Waals surface area contributed by atoms with Gasteiger partial charge in [0.05, 0.1) is 24.6 Å². The Kier molecular flexibility index (Phi) is 2.42. The number of nitrogens with zero attached hydrogens (tertiary/aromatic N) is 3. The molecular formula is C17H11N3O. The average Bonchev–Trinajstić information content (AvgIpc) is 2.90. The van der Waals surface area contributed by atoms with Crippen molar-refractivity contribution in [1.82, 2.24) is 9.78 Å². The van der Waals surface area contributed by atoms with Crippen molar-refractivity contribution < 1.29 is 4.79 Å². The van der Waals surface area contributed by atoms with Crippen LogP contribution in [0.15, 0.2) is 42.5 Å². The molecule has 0 aliphatic heterocycles. The fourth-order valence-electron chi connectivity index (χ4n) is 2.97. The molecule has 1 aliphatic rings. The highest BCUT2D eigenvalue weighted by molar-refractivity contribution is 6.24. The van der Waals surface area contributed by atoms with Crippen LogP contribution in [-0.2, 0) is 6.54 Å². The molecule has 21 heavy (non-hydrogen) atoms. The number of benzene rings is 2. The summed E-state index contributed by atoms with van der Waals surface area (Å²) in [4.78, 5) is 12.6. The monoisotopic (exact) mass is 273 g/mol. The average molecular weight is 273 g/mol. The van der Waals surface area contributed by atoms with Gasteiger partial charge in [-0.2, -0.15) is 10.4 Å². The van der Waals surface area contributed by atoms with Gasteiger partial charge in [0.25, 0.3) is 0 Å². The highest BCUT2D eigenvalue weighted by atomic mass is 16.1. The van der Waals surface area contributed by atoms with Crippen LogP contribution in [-0.4, -0.2) is 15.6 Å². The van der Waals surface area contributed by atoms with E-state index in [1.165, 1.54) is 0 Å². The molecule has 0 atom stereocenters. The minimum atomic E-state index is 0.0449. The number of ketones is 1. The molecule has 0 fully saturated rings. The molecule has 2 aromatic carbocycles. The Hall–Kier alpha value is -2.93. The number of carbonyl (C=O) groups excluding carboxylic acids is 1. The van der Waals surface area contributed by atoms with Gasteiger partial charge in [0.2, 0.25) is 0 Å². The van der Waals surface area contributed by atoms with Crippen molar-refractivity contribution in [2.75, 3.05) is 0 Å². The van der Waals surface area contributed by atoms with Crippen molar-refractivity contribution in [2.45, 2.75) is 13.0 Å². The summed E-state index contributed by atoms with van der Waals surface area (Å²) in [6.45, 7) is 0.535. The zero-order chi connectivity index (χ0) is 14.4. The molecule has 4 heteroatoms. The first-order valence-electron chi connectivity index (χ1n) is 6.82. The first-order chi connectivity index (χ1) is 10.3. The van der Waals surface area contributed by atoms with Gasteiger partial charge in [-0.25, -0.2) is 0 Å². The molecule has 0 saturated carbocycles. The van der Waals surface area contributed by atoms with Crippen molar-refractivity contribution in [3.8, 4) is 17.3 Å². The third kappa shape index (κ3) is 1.55. The van der Waals surface area contributed by atoms with Crippen molar-refractivity contribution in [1.29, 1.82) is 5.26 Å². The quantitative estimate of drug-likeness (QED) is 0.563. The maximum Gasteiger partial charge on any atom is 0.194 e. The minimum absolute atomic E-state index is 0.0449. The van der Waals surface area contributed by atoms with Crippen LogP contribution in [0.5, 0.6) is 0 Å². The van der Waals surface area contributed by atoms with Crippen molar-refractivity contribution >= 4 is 16.7 Å². The molecule has 1 aliphatic carbocycles. The summed E-state index contributed by atoms with van der Waals surface area (Å²) in [5.74, 6) is 0.0449. The van der Waals surface area contributed by atoms with Crippen molar-refractivity contribution in [3.05, 3.63) is 53.6 Å². The predicted molar refractivity (Wildman–Crippen MR) is 78.8 cm³/mol. The van der Waals surface area contributed by atoms with Crippen molar-refractivity contribution in [3.63, 3.8) is 0 Å². The number of rotatable bonds is 2. The number of aryl methyl sites for hydroxylation is 1. The highest BCUT2D eigenvalue weighted by Gasteiger charge is 2.27. The molecule has 0 spiro atoms. The second-order valence-electron chi connectivity index (χ2n) is 5.05. The smallest absolute Gasteiger partial charge is 0.194 e. The molecule has 0 amide bonds. The Morgan fingerprint density at radius 1 is 1.05 bits per heavy atom. The van der Waals surface area contributed by atoms with Crippen LogP contribution in [0, 0.1) is 11.3 Å². The SMILES string of the molecule is N#CCCn1nc2c3c(cccc31)C(=O)c1ccccc1-2.